The van der Waals surface area contributed by atoms with Crippen molar-refractivity contribution >= 4 is 29.9 Å². The Bertz CT molecular complexity index is 645. The summed E-state index contributed by atoms with van der Waals surface area (Å²) in [7, 11) is 0. The Kier molecular flexibility index (Phi) is 10.7. The molecule has 0 aliphatic carbocycles. The number of aromatic nitrogens is 1. The van der Waals surface area contributed by atoms with Gasteiger partial charge in [-0.25, -0.2) is 4.99 Å². The maximum atomic E-state index is 5.67. The summed E-state index contributed by atoms with van der Waals surface area (Å²) in [5, 5.41) is 6.63. The lowest BCUT2D eigenvalue weighted by Crippen LogP contribution is -2.38. The van der Waals surface area contributed by atoms with Crippen molar-refractivity contribution in [2.45, 2.75) is 39.8 Å². The Morgan fingerprint density at radius 1 is 1.12 bits per heavy atom. The van der Waals surface area contributed by atoms with Crippen molar-refractivity contribution in [3.63, 3.8) is 0 Å². The van der Waals surface area contributed by atoms with Crippen LogP contribution in [0.5, 0.6) is 5.75 Å². The number of pyridine rings is 1. The van der Waals surface area contributed by atoms with Crippen LogP contribution in [-0.2, 0) is 13.0 Å². The lowest BCUT2D eigenvalue weighted by molar-refractivity contribution is 0.242. The number of rotatable bonds is 8. The fraction of sp³-hybridized carbons (Fsp3) is 0.400. The van der Waals surface area contributed by atoms with Crippen LogP contribution < -0.4 is 15.4 Å². The van der Waals surface area contributed by atoms with E-state index in [1.807, 2.05) is 44.2 Å². The molecule has 0 saturated carbocycles. The predicted octanol–water partition coefficient (Wildman–Crippen LogP) is 3.78. The summed E-state index contributed by atoms with van der Waals surface area (Å²) in [6.07, 6.45) is 2.92. The molecule has 1 aromatic heterocycles. The molecular formula is C20H29IN4O. The second kappa shape index (κ2) is 12.5. The molecule has 0 radical (unpaired) electrons. The number of benzene rings is 1. The van der Waals surface area contributed by atoms with E-state index in [0.29, 0.717) is 6.54 Å². The van der Waals surface area contributed by atoms with Crippen LogP contribution >= 0.6 is 24.0 Å². The molecule has 1 heterocycles. The van der Waals surface area contributed by atoms with Gasteiger partial charge in [-0.05, 0) is 57.0 Å². The number of ether oxygens (including phenoxy) is 1. The number of hydrogen-bond donors (Lipinski definition) is 2. The maximum Gasteiger partial charge on any atom is 0.191 e. The van der Waals surface area contributed by atoms with Gasteiger partial charge in [0.05, 0.1) is 18.3 Å². The van der Waals surface area contributed by atoms with Crippen LogP contribution in [0.25, 0.3) is 0 Å². The van der Waals surface area contributed by atoms with Crippen molar-refractivity contribution in [3.8, 4) is 5.75 Å². The lowest BCUT2D eigenvalue weighted by atomic mass is 10.1. The van der Waals surface area contributed by atoms with E-state index in [0.717, 1.165) is 36.9 Å². The van der Waals surface area contributed by atoms with Crippen molar-refractivity contribution in [3.05, 3.63) is 59.9 Å². The molecule has 0 aliphatic rings. The minimum Gasteiger partial charge on any atom is -0.491 e. The highest BCUT2D eigenvalue weighted by molar-refractivity contribution is 14.0. The lowest BCUT2D eigenvalue weighted by Gasteiger charge is -2.12. The maximum absolute atomic E-state index is 5.67. The Balaban J connectivity index is 0.00000338. The van der Waals surface area contributed by atoms with Gasteiger partial charge >= 0.3 is 0 Å². The van der Waals surface area contributed by atoms with Gasteiger partial charge in [-0.2, -0.15) is 0 Å². The number of aliphatic imine (C=N–C) groups is 1. The van der Waals surface area contributed by atoms with E-state index in [1.165, 1.54) is 5.56 Å². The van der Waals surface area contributed by atoms with Gasteiger partial charge in [0.15, 0.2) is 5.96 Å². The third kappa shape index (κ3) is 8.51. The van der Waals surface area contributed by atoms with E-state index < -0.39 is 0 Å². The first-order valence-corrected chi connectivity index (χ1v) is 8.85. The zero-order valence-electron chi connectivity index (χ0n) is 15.7. The molecule has 0 aliphatic heterocycles. The molecule has 0 saturated heterocycles. The molecule has 2 aromatic rings. The number of halogens is 1. The number of nitrogens with one attached hydrogen (secondary N) is 2. The standard InChI is InChI=1S/C20H28N4O.HI/c1-4-21-20(24-15-18-7-5-6-13-22-18)23-14-12-17-8-10-19(11-9-17)25-16(2)3;/h5-11,13,16H,4,12,14-15H2,1-3H3,(H2,21,23,24);1H. The molecule has 0 fully saturated rings. The topological polar surface area (TPSA) is 58.5 Å². The van der Waals surface area contributed by atoms with E-state index in [1.54, 1.807) is 6.20 Å². The average molecular weight is 468 g/mol. The zero-order chi connectivity index (χ0) is 17.9. The van der Waals surface area contributed by atoms with Gasteiger partial charge in [0.2, 0.25) is 0 Å². The largest absolute Gasteiger partial charge is 0.491 e. The van der Waals surface area contributed by atoms with E-state index in [4.69, 9.17) is 4.74 Å². The monoisotopic (exact) mass is 468 g/mol. The molecule has 26 heavy (non-hydrogen) atoms. The quantitative estimate of drug-likeness (QED) is 0.352. The van der Waals surface area contributed by atoms with Gasteiger partial charge in [0.25, 0.3) is 0 Å². The van der Waals surface area contributed by atoms with Gasteiger partial charge in [0.1, 0.15) is 5.75 Å². The first-order valence-electron chi connectivity index (χ1n) is 8.85. The summed E-state index contributed by atoms with van der Waals surface area (Å²) >= 11 is 0. The number of nitrogens with zero attached hydrogens (tertiary/aromatic N) is 2. The molecule has 2 rings (SSSR count). The SMILES string of the molecule is CCNC(=NCc1ccccn1)NCCc1ccc(OC(C)C)cc1.I. The van der Waals surface area contributed by atoms with Gasteiger partial charge < -0.3 is 15.4 Å². The smallest absolute Gasteiger partial charge is 0.191 e. The van der Waals surface area contributed by atoms with Gasteiger partial charge in [-0.1, -0.05) is 18.2 Å². The van der Waals surface area contributed by atoms with Crippen LogP contribution in [-0.4, -0.2) is 30.1 Å². The van der Waals surface area contributed by atoms with E-state index >= 15 is 0 Å². The fourth-order valence-corrected chi connectivity index (χ4v) is 2.33. The fourth-order valence-electron chi connectivity index (χ4n) is 2.33. The number of guanidine groups is 1. The normalized spacial score (nSPS) is 11.0. The molecule has 0 spiro atoms. The summed E-state index contributed by atoms with van der Waals surface area (Å²) in [6, 6.07) is 14.1. The van der Waals surface area contributed by atoms with Crippen molar-refractivity contribution in [2.75, 3.05) is 13.1 Å². The van der Waals surface area contributed by atoms with Gasteiger partial charge in [-0.15, -0.1) is 24.0 Å². The van der Waals surface area contributed by atoms with Crippen LogP contribution in [0.2, 0.25) is 0 Å². The summed E-state index contributed by atoms with van der Waals surface area (Å²) in [5.41, 5.74) is 2.23. The van der Waals surface area contributed by atoms with Gasteiger partial charge in [0, 0.05) is 19.3 Å². The molecule has 0 bridgehead atoms. The Hall–Kier alpha value is -1.83. The van der Waals surface area contributed by atoms with Crippen molar-refractivity contribution in [1.29, 1.82) is 0 Å². The highest BCUT2D eigenvalue weighted by Crippen LogP contribution is 2.13. The molecule has 0 unspecified atom stereocenters. The molecule has 142 valence electrons. The first-order chi connectivity index (χ1) is 12.2. The van der Waals surface area contributed by atoms with Crippen LogP contribution in [0.4, 0.5) is 0 Å². The average Bonchev–Trinajstić information content (AvgIpc) is 2.61. The zero-order valence-corrected chi connectivity index (χ0v) is 18.1. The Morgan fingerprint density at radius 2 is 1.88 bits per heavy atom. The molecule has 0 amide bonds. The van der Waals surface area contributed by atoms with Crippen LogP contribution in [0.3, 0.4) is 0 Å². The van der Waals surface area contributed by atoms with Crippen molar-refractivity contribution < 1.29 is 4.74 Å². The predicted molar refractivity (Wildman–Crippen MR) is 118 cm³/mol. The highest BCUT2D eigenvalue weighted by atomic mass is 127. The number of hydrogen-bond acceptors (Lipinski definition) is 3. The van der Waals surface area contributed by atoms with E-state index in [-0.39, 0.29) is 30.1 Å². The second-order valence-corrected chi connectivity index (χ2v) is 6.00. The first kappa shape index (κ1) is 22.2. The third-order valence-corrected chi connectivity index (χ3v) is 3.47. The third-order valence-electron chi connectivity index (χ3n) is 3.47. The summed E-state index contributed by atoms with van der Waals surface area (Å²) < 4.78 is 5.67. The Morgan fingerprint density at radius 3 is 2.50 bits per heavy atom. The van der Waals surface area contributed by atoms with E-state index in [2.05, 4.69) is 39.7 Å². The summed E-state index contributed by atoms with van der Waals surface area (Å²) in [6.45, 7) is 8.34. The van der Waals surface area contributed by atoms with Crippen molar-refractivity contribution in [2.24, 2.45) is 4.99 Å². The minimum atomic E-state index is 0. The van der Waals surface area contributed by atoms with Gasteiger partial charge in [-0.3, -0.25) is 4.98 Å². The van der Waals surface area contributed by atoms with Crippen LogP contribution in [0.1, 0.15) is 32.0 Å². The Labute approximate surface area is 173 Å². The molecule has 0 atom stereocenters. The molecular weight excluding hydrogens is 439 g/mol. The molecule has 6 heteroatoms. The molecule has 1 aromatic carbocycles. The van der Waals surface area contributed by atoms with Crippen LogP contribution in [0, 0.1) is 0 Å². The minimum absolute atomic E-state index is 0. The molecule has 5 nitrogen and oxygen atoms in total. The van der Waals surface area contributed by atoms with Crippen LogP contribution in [0.15, 0.2) is 53.7 Å². The molecule has 2 N–H and O–H groups in total. The summed E-state index contributed by atoms with van der Waals surface area (Å²) in [5.74, 6) is 1.73. The van der Waals surface area contributed by atoms with E-state index in [9.17, 15) is 0 Å². The van der Waals surface area contributed by atoms with Crippen molar-refractivity contribution in [1.82, 2.24) is 15.6 Å². The second-order valence-electron chi connectivity index (χ2n) is 6.00. The highest BCUT2D eigenvalue weighted by Gasteiger charge is 2.01. The summed E-state index contributed by atoms with van der Waals surface area (Å²) in [4.78, 5) is 8.87.